The Bertz CT molecular complexity index is 1150. The topological polar surface area (TPSA) is 111 Å². The van der Waals surface area contributed by atoms with Gasteiger partial charge in [-0.15, -0.1) is 5.10 Å². The van der Waals surface area contributed by atoms with Gasteiger partial charge >= 0.3 is 6.18 Å². The molecule has 0 aliphatic heterocycles. The SMILES string of the molecule is CN(C)C1CCC(Oc2ccncc2NC(=O)c2c(N)nn3ccc(C(F)(F)F)nc23)CC1. The molecule has 176 valence electrons. The molecule has 0 saturated heterocycles. The predicted molar refractivity (Wildman–Crippen MR) is 115 cm³/mol. The van der Waals surface area contributed by atoms with Gasteiger partial charge in [0.05, 0.1) is 12.3 Å². The molecule has 3 heterocycles. The largest absolute Gasteiger partial charge is 0.488 e. The van der Waals surface area contributed by atoms with Crippen molar-refractivity contribution >= 4 is 23.1 Å². The minimum absolute atomic E-state index is 0.0164. The van der Waals surface area contributed by atoms with Gasteiger partial charge in [0, 0.05) is 24.5 Å². The minimum Gasteiger partial charge on any atom is -0.488 e. The first kappa shape index (κ1) is 22.8. The molecule has 0 unspecified atom stereocenters. The number of nitrogen functional groups attached to an aromatic ring is 1. The molecule has 0 radical (unpaired) electrons. The number of nitrogens with zero attached hydrogens (tertiary/aromatic N) is 5. The molecule has 3 aromatic rings. The summed E-state index contributed by atoms with van der Waals surface area (Å²) in [6.45, 7) is 0. The van der Waals surface area contributed by atoms with Gasteiger partial charge in [-0.2, -0.15) is 13.2 Å². The number of carbonyl (C=O) groups excluding carboxylic acids is 1. The molecule has 3 aromatic heterocycles. The molecule has 1 saturated carbocycles. The Labute approximate surface area is 187 Å². The smallest absolute Gasteiger partial charge is 0.433 e. The summed E-state index contributed by atoms with van der Waals surface area (Å²) in [6.07, 6.45) is 3.04. The number of pyridine rings is 1. The van der Waals surface area contributed by atoms with E-state index in [-0.39, 0.29) is 28.8 Å². The number of ether oxygens (including phenoxy) is 1. The van der Waals surface area contributed by atoms with E-state index in [9.17, 15) is 18.0 Å². The Morgan fingerprint density at radius 2 is 1.97 bits per heavy atom. The third-order valence-electron chi connectivity index (χ3n) is 5.73. The number of fused-ring (bicyclic) bond motifs is 1. The highest BCUT2D eigenvalue weighted by Gasteiger charge is 2.34. The van der Waals surface area contributed by atoms with Crippen molar-refractivity contribution in [1.82, 2.24) is 24.5 Å². The lowest BCUT2D eigenvalue weighted by Gasteiger charge is -2.33. The summed E-state index contributed by atoms with van der Waals surface area (Å²) in [5, 5.41) is 6.52. The van der Waals surface area contributed by atoms with E-state index in [0.29, 0.717) is 11.8 Å². The third-order valence-corrected chi connectivity index (χ3v) is 5.73. The number of nitrogens with one attached hydrogen (secondary N) is 1. The third kappa shape index (κ3) is 4.85. The van der Waals surface area contributed by atoms with E-state index in [1.165, 1.54) is 12.4 Å². The van der Waals surface area contributed by atoms with Gasteiger partial charge in [0.1, 0.15) is 22.7 Å². The van der Waals surface area contributed by atoms with Crippen LogP contribution in [-0.2, 0) is 6.18 Å². The normalized spacial score (nSPS) is 19.1. The summed E-state index contributed by atoms with van der Waals surface area (Å²) >= 11 is 0. The Hall–Kier alpha value is -3.41. The molecule has 1 aliphatic carbocycles. The van der Waals surface area contributed by atoms with Gasteiger partial charge in [-0.1, -0.05) is 0 Å². The molecule has 1 amide bonds. The van der Waals surface area contributed by atoms with Crippen LogP contribution in [0.2, 0.25) is 0 Å². The summed E-state index contributed by atoms with van der Waals surface area (Å²) < 4.78 is 46.4. The van der Waals surface area contributed by atoms with Crippen LogP contribution >= 0.6 is 0 Å². The summed E-state index contributed by atoms with van der Waals surface area (Å²) in [4.78, 5) is 22.8. The standard InChI is InChI=1S/C21H24F3N7O2/c1-30(2)12-3-5-13(6-4-12)33-15-7-9-26-11-14(15)27-20(32)17-18(25)29-31-10-8-16(21(22,23)24)28-19(17)31/h7-13H,3-6H2,1-2H3,(H2,25,29)(H,27,32). The quantitative estimate of drug-likeness (QED) is 0.598. The lowest BCUT2D eigenvalue weighted by molar-refractivity contribution is -0.141. The Morgan fingerprint density at radius 3 is 2.64 bits per heavy atom. The van der Waals surface area contributed by atoms with Gasteiger partial charge in [-0.05, 0) is 45.8 Å². The summed E-state index contributed by atoms with van der Waals surface area (Å²) in [5.74, 6) is -0.582. The second kappa shape index (κ2) is 8.85. The van der Waals surface area contributed by atoms with Crippen LogP contribution in [0.15, 0.2) is 30.7 Å². The van der Waals surface area contributed by atoms with Crippen LogP contribution in [0.25, 0.3) is 5.65 Å². The average Bonchev–Trinajstić information content (AvgIpc) is 3.10. The summed E-state index contributed by atoms with van der Waals surface area (Å²) in [7, 11) is 4.11. The van der Waals surface area contributed by atoms with Gasteiger partial charge in [0.15, 0.2) is 11.5 Å². The number of hydrogen-bond acceptors (Lipinski definition) is 7. The highest BCUT2D eigenvalue weighted by Crippen LogP contribution is 2.32. The van der Waals surface area contributed by atoms with Crippen LogP contribution in [0.3, 0.4) is 0 Å². The van der Waals surface area contributed by atoms with Crippen LogP contribution in [0.4, 0.5) is 24.7 Å². The molecular weight excluding hydrogens is 439 g/mol. The maximum atomic E-state index is 13.1. The molecule has 0 bridgehead atoms. The maximum absolute atomic E-state index is 13.1. The van der Waals surface area contributed by atoms with E-state index < -0.39 is 17.8 Å². The van der Waals surface area contributed by atoms with Gasteiger partial charge in [-0.25, -0.2) is 9.50 Å². The lowest BCUT2D eigenvalue weighted by Crippen LogP contribution is -2.35. The Morgan fingerprint density at radius 1 is 1.24 bits per heavy atom. The first-order valence-corrected chi connectivity index (χ1v) is 10.4. The van der Waals surface area contributed by atoms with Crippen LogP contribution < -0.4 is 15.8 Å². The van der Waals surface area contributed by atoms with E-state index in [4.69, 9.17) is 10.5 Å². The molecule has 0 aromatic carbocycles. The number of halogens is 3. The average molecular weight is 463 g/mol. The molecule has 4 rings (SSSR count). The zero-order valence-electron chi connectivity index (χ0n) is 18.1. The molecule has 1 fully saturated rings. The van der Waals surface area contributed by atoms with Gasteiger partial charge < -0.3 is 20.7 Å². The fraction of sp³-hybridized carbons (Fsp3) is 0.429. The number of amides is 1. The second-order valence-electron chi connectivity index (χ2n) is 8.18. The second-order valence-corrected chi connectivity index (χ2v) is 8.18. The molecule has 9 nitrogen and oxygen atoms in total. The number of aromatic nitrogens is 4. The van der Waals surface area contributed by atoms with Crippen molar-refractivity contribution in [3.05, 3.63) is 42.0 Å². The maximum Gasteiger partial charge on any atom is 0.433 e. The summed E-state index contributed by atoms with van der Waals surface area (Å²) in [5.41, 5.74) is 4.40. The first-order valence-electron chi connectivity index (χ1n) is 10.4. The predicted octanol–water partition coefficient (Wildman–Crippen LogP) is 3.23. The monoisotopic (exact) mass is 463 g/mol. The van der Waals surface area contributed by atoms with E-state index in [0.717, 1.165) is 42.5 Å². The number of alkyl halides is 3. The minimum atomic E-state index is -4.68. The Kier molecular flexibility index (Phi) is 6.11. The van der Waals surface area contributed by atoms with Crippen LogP contribution in [-0.4, -0.2) is 56.6 Å². The van der Waals surface area contributed by atoms with Crippen LogP contribution in [0, 0.1) is 0 Å². The van der Waals surface area contributed by atoms with Gasteiger partial charge in [0.2, 0.25) is 0 Å². The molecule has 3 N–H and O–H groups in total. The van der Waals surface area contributed by atoms with Crippen LogP contribution in [0.5, 0.6) is 5.75 Å². The Balaban J connectivity index is 1.55. The van der Waals surface area contributed by atoms with Crippen molar-refractivity contribution in [3.8, 4) is 5.75 Å². The highest BCUT2D eigenvalue weighted by molar-refractivity contribution is 6.12. The number of anilines is 2. The van der Waals surface area contributed by atoms with Crippen molar-refractivity contribution in [3.63, 3.8) is 0 Å². The van der Waals surface area contributed by atoms with Crippen molar-refractivity contribution in [2.24, 2.45) is 0 Å². The molecular formula is C21H24F3N7O2. The number of hydrogen-bond donors (Lipinski definition) is 2. The van der Waals surface area contributed by atoms with Crippen molar-refractivity contribution in [1.29, 1.82) is 0 Å². The fourth-order valence-electron chi connectivity index (χ4n) is 3.94. The molecule has 33 heavy (non-hydrogen) atoms. The lowest BCUT2D eigenvalue weighted by atomic mass is 9.92. The number of carbonyl (C=O) groups is 1. The zero-order chi connectivity index (χ0) is 23.8. The van der Waals surface area contributed by atoms with Crippen molar-refractivity contribution in [2.75, 3.05) is 25.1 Å². The molecule has 12 heteroatoms. The van der Waals surface area contributed by atoms with Gasteiger partial charge in [0.25, 0.3) is 5.91 Å². The van der Waals surface area contributed by atoms with E-state index >= 15 is 0 Å². The van der Waals surface area contributed by atoms with E-state index in [2.05, 4.69) is 39.4 Å². The molecule has 1 aliphatic rings. The molecule has 0 spiro atoms. The highest BCUT2D eigenvalue weighted by atomic mass is 19.4. The first-order chi connectivity index (χ1) is 15.6. The fourth-order valence-corrected chi connectivity index (χ4v) is 3.94. The number of nitrogens with two attached hydrogens (primary N) is 1. The van der Waals surface area contributed by atoms with Crippen LogP contribution in [0.1, 0.15) is 41.7 Å². The van der Waals surface area contributed by atoms with Gasteiger partial charge in [-0.3, -0.25) is 9.78 Å². The zero-order valence-corrected chi connectivity index (χ0v) is 18.1. The summed E-state index contributed by atoms with van der Waals surface area (Å²) in [6, 6.07) is 2.90. The van der Waals surface area contributed by atoms with Crippen molar-refractivity contribution < 1.29 is 22.7 Å². The van der Waals surface area contributed by atoms with E-state index in [1.807, 2.05) is 0 Å². The van der Waals surface area contributed by atoms with Crippen molar-refractivity contribution in [2.45, 2.75) is 44.0 Å². The number of rotatable bonds is 5. The van der Waals surface area contributed by atoms with E-state index in [1.54, 1.807) is 6.07 Å². The molecule has 0 atom stereocenters.